The minimum Gasteiger partial charge on any atom is -0.479 e. The Morgan fingerprint density at radius 1 is 1.12 bits per heavy atom. The molecule has 2 aliphatic heterocycles. The molecule has 8 atom stereocenters. The molecule has 4 aliphatic carbocycles. The van der Waals surface area contributed by atoms with E-state index in [-0.39, 0.29) is 24.0 Å². The second kappa shape index (κ2) is 8.69. The molecule has 4 bridgehead atoms. The highest BCUT2D eigenvalue weighted by Crippen LogP contribution is 2.59. The molecule has 1 amide bonds. The Kier molecular flexibility index (Phi) is 6.11. The summed E-state index contributed by atoms with van der Waals surface area (Å²) in [5, 5.41) is 52.8. The highest BCUT2D eigenvalue weighted by Gasteiger charge is 2.60. The van der Waals surface area contributed by atoms with Crippen LogP contribution in [0.4, 0.5) is 0 Å². The van der Waals surface area contributed by atoms with E-state index in [0.29, 0.717) is 31.2 Å². The maximum absolute atomic E-state index is 12.8. The first kappa shape index (κ1) is 23.9. The molecule has 11 heteroatoms. The third-order valence-electron chi connectivity index (χ3n) is 8.52. The Balaban J connectivity index is 1.29. The van der Waals surface area contributed by atoms with Gasteiger partial charge in [0.15, 0.2) is 12.4 Å². The van der Waals surface area contributed by atoms with Gasteiger partial charge in [-0.15, -0.1) is 0 Å². The Hall–Kier alpha value is -1.81. The first-order chi connectivity index (χ1) is 16.1. The van der Waals surface area contributed by atoms with Crippen LogP contribution in [0, 0.1) is 23.2 Å². The van der Waals surface area contributed by atoms with Crippen molar-refractivity contribution in [2.45, 2.75) is 99.3 Å². The molecular weight excluding hydrogens is 446 g/mol. The monoisotopic (exact) mass is 479 g/mol. The quantitative estimate of drug-likeness (QED) is 0.321. The summed E-state index contributed by atoms with van der Waals surface area (Å²) >= 11 is 0. The van der Waals surface area contributed by atoms with Gasteiger partial charge in [0.2, 0.25) is 5.91 Å². The fourth-order valence-electron chi connectivity index (χ4n) is 7.48. The predicted octanol–water partition coefficient (Wildman–Crippen LogP) is -0.909. The highest BCUT2D eigenvalue weighted by molar-refractivity contribution is 5.79. The zero-order chi connectivity index (χ0) is 24.3. The zero-order valence-corrected chi connectivity index (χ0v) is 19.0. The zero-order valence-electron chi connectivity index (χ0n) is 19.0. The van der Waals surface area contributed by atoms with E-state index in [4.69, 9.17) is 9.47 Å². The smallest absolute Gasteiger partial charge is 0.335 e. The number of nitrogens with one attached hydrogen (secondary N) is 1. The normalized spacial score (nSPS) is 47.5. The molecule has 11 nitrogen and oxygen atoms in total. The van der Waals surface area contributed by atoms with Gasteiger partial charge in [-0.3, -0.25) is 4.79 Å². The molecule has 34 heavy (non-hydrogen) atoms. The number of carboxylic acids is 1. The van der Waals surface area contributed by atoms with Gasteiger partial charge in [0.1, 0.15) is 24.4 Å². The highest BCUT2D eigenvalue weighted by atomic mass is 16.7. The fraction of sp³-hybridized carbons (Fsp3) is 0.870. The maximum Gasteiger partial charge on any atom is 0.335 e. The number of rotatable bonds is 6. The van der Waals surface area contributed by atoms with Crippen LogP contribution in [0.2, 0.25) is 0 Å². The minimum atomic E-state index is -1.76. The van der Waals surface area contributed by atoms with Crippen LogP contribution >= 0.6 is 0 Å². The van der Waals surface area contributed by atoms with E-state index >= 15 is 0 Å². The second-order valence-electron chi connectivity index (χ2n) is 11.0. The SMILES string of the molecule is N#C[C@@H]1CCCN1C(=O)CNC12CC3CC(C1)CC(O[C@@H]1O[C@H](C(=O)O)[C@@H](O)[C@H](O)[C@H]1O)(C3)C2. The molecule has 6 rings (SSSR count). The largest absolute Gasteiger partial charge is 0.479 e. The average molecular weight is 480 g/mol. The topological polar surface area (TPSA) is 173 Å². The fourth-order valence-corrected chi connectivity index (χ4v) is 7.48. The average Bonchev–Trinajstić information content (AvgIpc) is 3.26. The van der Waals surface area contributed by atoms with Gasteiger partial charge in [0.05, 0.1) is 18.2 Å². The Labute approximate surface area is 197 Å². The lowest BCUT2D eigenvalue weighted by molar-refractivity contribution is -0.337. The number of carbonyl (C=O) groups excluding carboxylic acids is 1. The van der Waals surface area contributed by atoms with Crippen molar-refractivity contribution >= 4 is 11.9 Å². The van der Waals surface area contributed by atoms with Gasteiger partial charge in [-0.2, -0.15) is 5.26 Å². The maximum atomic E-state index is 12.8. The molecule has 2 heterocycles. The number of aliphatic hydroxyl groups excluding tert-OH is 3. The van der Waals surface area contributed by atoms with Gasteiger partial charge in [-0.25, -0.2) is 4.79 Å². The van der Waals surface area contributed by atoms with E-state index in [0.717, 1.165) is 38.5 Å². The van der Waals surface area contributed by atoms with E-state index in [1.165, 1.54) is 0 Å². The van der Waals surface area contributed by atoms with Gasteiger partial charge in [-0.1, -0.05) is 0 Å². The van der Waals surface area contributed by atoms with Crippen LogP contribution < -0.4 is 5.32 Å². The van der Waals surface area contributed by atoms with Crippen LogP contribution in [0.15, 0.2) is 0 Å². The van der Waals surface area contributed by atoms with Crippen LogP contribution in [0.25, 0.3) is 0 Å². The second-order valence-corrected chi connectivity index (χ2v) is 11.0. The summed E-state index contributed by atoms with van der Waals surface area (Å²) in [6, 6.07) is 1.84. The van der Waals surface area contributed by atoms with E-state index in [9.17, 15) is 35.3 Å². The number of ether oxygens (including phenoxy) is 2. The molecule has 188 valence electrons. The lowest BCUT2D eigenvalue weighted by Gasteiger charge is -2.62. The lowest BCUT2D eigenvalue weighted by Crippen LogP contribution is -2.68. The Morgan fingerprint density at radius 3 is 2.47 bits per heavy atom. The predicted molar refractivity (Wildman–Crippen MR) is 114 cm³/mol. The molecule has 4 saturated carbocycles. The first-order valence-electron chi connectivity index (χ1n) is 12.2. The third-order valence-corrected chi connectivity index (χ3v) is 8.52. The van der Waals surface area contributed by atoms with Crippen LogP contribution in [0.3, 0.4) is 0 Å². The number of hydrogen-bond donors (Lipinski definition) is 5. The van der Waals surface area contributed by atoms with Crippen molar-refractivity contribution in [3.63, 3.8) is 0 Å². The van der Waals surface area contributed by atoms with E-state index in [2.05, 4.69) is 11.4 Å². The van der Waals surface area contributed by atoms with Crippen molar-refractivity contribution in [1.29, 1.82) is 5.26 Å². The molecule has 6 fully saturated rings. The van der Waals surface area contributed by atoms with Crippen molar-refractivity contribution in [3.8, 4) is 6.07 Å². The van der Waals surface area contributed by atoms with E-state index < -0.39 is 42.3 Å². The first-order valence-corrected chi connectivity index (χ1v) is 12.2. The van der Waals surface area contributed by atoms with Crippen molar-refractivity contribution in [2.24, 2.45) is 11.8 Å². The third kappa shape index (κ3) is 4.10. The molecule has 6 aliphatic rings. The summed E-state index contributed by atoms with van der Waals surface area (Å²) in [5.74, 6) is -0.808. The molecule has 0 radical (unpaired) electrons. The number of aliphatic hydroxyl groups is 3. The molecular formula is C23H33N3O8. The van der Waals surface area contributed by atoms with Crippen molar-refractivity contribution in [1.82, 2.24) is 10.2 Å². The molecule has 0 aromatic heterocycles. The van der Waals surface area contributed by atoms with Crippen molar-refractivity contribution < 1.29 is 39.5 Å². The molecule has 2 saturated heterocycles. The summed E-state index contributed by atoms with van der Waals surface area (Å²) in [7, 11) is 0. The number of hydrogen-bond acceptors (Lipinski definition) is 9. The number of likely N-dealkylation sites (tertiary alicyclic amines) is 1. The summed E-state index contributed by atoms with van der Waals surface area (Å²) in [6.45, 7) is 0.738. The molecule has 0 aromatic rings. The van der Waals surface area contributed by atoms with Crippen molar-refractivity contribution in [2.75, 3.05) is 13.1 Å². The van der Waals surface area contributed by atoms with Crippen molar-refractivity contribution in [3.05, 3.63) is 0 Å². The molecule has 5 N–H and O–H groups in total. The van der Waals surface area contributed by atoms with Crippen LogP contribution in [-0.4, -0.2) is 98.2 Å². The molecule has 0 spiro atoms. The molecule has 2 unspecified atom stereocenters. The Morgan fingerprint density at radius 2 is 1.82 bits per heavy atom. The van der Waals surface area contributed by atoms with Gasteiger partial charge in [0.25, 0.3) is 0 Å². The van der Waals surface area contributed by atoms with Gasteiger partial charge >= 0.3 is 5.97 Å². The van der Waals surface area contributed by atoms with E-state index in [1.807, 2.05) is 0 Å². The molecule has 0 aromatic carbocycles. The van der Waals surface area contributed by atoms with Gasteiger partial charge < -0.3 is 40.1 Å². The number of nitriles is 1. The minimum absolute atomic E-state index is 0.0813. The van der Waals surface area contributed by atoms with Crippen LogP contribution in [-0.2, 0) is 19.1 Å². The number of amides is 1. The van der Waals surface area contributed by atoms with Crippen LogP contribution in [0.1, 0.15) is 51.4 Å². The van der Waals surface area contributed by atoms with E-state index in [1.54, 1.807) is 4.90 Å². The van der Waals surface area contributed by atoms with Gasteiger partial charge in [-0.05, 0) is 63.2 Å². The lowest BCUT2D eigenvalue weighted by atomic mass is 9.51. The summed E-state index contributed by atoms with van der Waals surface area (Å²) < 4.78 is 11.7. The number of aliphatic carboxylic acids is 1. The van der Waals surface area contributed by atoms with Crippen LogP contribution in [0.5, 0.6) is 0 Å². The summed E-state index contributed by atoms with van der Waals surface area (Å²) in [6.07, 6.45) is -1.70. The summed E-state index contributed by atoms with van der Waals surface area (Å²) in [4.78, 5) is 26.0. The Bertz CT molecular complexity index is 863. The number of carbonyl (C=O) groups is 2. The van der Waals surface area contributed by atoms with Gasteiger partial charge in [0, 0.05) is 12.1 Å². The standard InChI is InChI=1S/C23H33N3O8/c24-9-14-2-1-3-26(14)15(27)10-25-22-5-12-4-13(6-22)8-23(7-12,11-22)34-21-18(30)16(28)17(29)19(33-21)20(31)32/h12-14,16-19,21,25,28-30H,1-8,10-11H2,(H,31,32)/t12?,13?,14-,16-,17-,18+,19-,21-,22?,23?/m0/s1. The number of nitrogens with zero attached hydrogens (tertiary/aromatic N) is 2. The number of carboxylic acid groups (broad SMARTS) is 1. The summed E-state index contributed by atoms with van der Waals surface area (Å²) in [5.41, 5.74) is -1.01.